The fourth-order valence-electron chi connectivity index (χ4n) is 3.47. The van der Waals surface area contributed by atoms with Gasteiger partial charge in [0.05, 0.1) is 23.9 Å². The molecule has 2 aromatic carbocycles. The molecule has 0 fully saturated rings. The zero-order valence-corrected chi connectivity index (χ0v) is 19.1. The molecule has 0 atom stereocenters. The lowest BCUT2D eigenvalue weighted by molar-refractivity contribution is -0.116. The highest BCUT2D eigenvalue weighted by atomic mass is 32.1. The van der Waals surface area contributed by atoms with Crippen LogP contribution in [0.3, 0.4) is 0 Å². The highest BCUT2D eigenvalue weighted by Gasteiger charge is 2.15. The van der Waals surface area contributed by atoms with Crippen LogP contribution in [-0.2, 0) is 22.5 Å². The van der Waals surface area contributed by atoms with Gasteiger partial charge in [-0.15, -0.1) is 11.3 Å². The van der Waals surface area contributed by atoms with Crippen molar-refractivity contribution in [2.24, 2.45) is 0 Å². The lowest BCUT2D eigenvalue weighted by Crippen LogP contribution is -2.27. The summed E-state index contributed by atoms with van der Waals surface area (Å²) >= 11 is 1.41. The van der Waals surface area contributed by atoms with Gasteiger partial charge in [0.25, 0.3) is 5.56 Å². The highest BCUT2D eigenvalue weighted by Crippen LogP contribution is 2.30. The van der Waals surface area contributed by atoms with Crippen molar-refractivity contribution in [1.29, 1.82) is 0 Å². The number of aryl methyl sites for hydroxylation is 1. The van der Waals surface area contributed by atoms with Crippen molar-refractivity contribution in [3.8, 4) is 11.1 Å². The molecule has 7 nitrogen and oxygen atoms in total. The van der Waals surface area contributed by atoms with Crippen LogP contribution in [0.5, 0.6) is 0 Å². The third-order valence-electron chi connectivity index (χ3n) is 5.23. The van der Waals surface area contributed by atoms with Gasteiger partial charge in [-0.2, -0.15) is 0 Å². The number of rotatable bonds is 7. The molecule has 0 aliphatic heterocycles. The van der Waals surface area contributed by atoms with E-state index in [9.17, 15) is 14.4 Å². The zero-order valence-electron chi connectivity index (χ0n) is 18.3. The number of amides is 1. The van der Waals surface area contributed by atoms with E-state index in [1.165, 1.54) is 27.8 Å². The Bertz CT molecular complexity index is 1360. The molecule has 1 N–H and O–H groups in total. The molecule has 0 spiro atoms. The quantitative estimate of drug-likeness (QED) is 0.409. The Balaban J connectivity index is 1.54. The van der Waals surface area contributed by atoms with Crippen LogP contribution in [0.1, 0.15) is 29.8 Å². The Hall–Kier alpha value is -3.78. The summed E-state index contributed by atoms with van der Waals surface area (Å²) < 4.78 is 6.26. The van der Waals surface area contributed by atoms with E-state index in [-0.39, 0.29) is 18.0 Å². The Morgan fingerprint density at radius 3 is 2.45 bits per heavy atom. The minimum atomic E-state index is -0.419. The molecule has 2 aromatic heterocycles. The number of nitrogens with one attached hydrogen (secondary N) is 1. The van der Waals surface area contributed by atoms with Crippen molar-refractivity contribution >= 4 is 39.1 Å². The zero-order chi connectivity index (χ0) is 23.4. The second kappa shape index (κ2) is 9.79. The number of carbonyl (C=O) groups excluding carboxylic acids is 2. The van der Waals surface area contributed by atoms with Gasteiger partial charge in [0.2, 0.25) is 5.91 Å². The number of thiophene rings is 1. The molecule has 168 valence electrons. The minimum absolute atomic E-state index is 0.175. The fraction of sp³-hybridized carbons (Fsp3) is 0.200. The largest absolute Gasteiger partial charge is 0.462 e. The highest BCUT2D eigenvalue weighted by molar-refractivity contribution is 7.17. The minimum Gasteiger partial charge on any atom is -0.462 e. The molecule has 4 rings (SSSR count). The van der Waals surface area contributed by atoms with Crippen LogP contribution in [0.15, 0.2) is 65.0 Å². The van der Waals surface area contributed by atoms with E-state index in [0.29, 0.717) is 28.1 Å². The molecule has 0 radical (unpaired) electrons. The van der Waals surface area contributed by atoms with Crippen molar-refractivity contribution < 1.29 is 14.3 Å². The Morgan fingerprint density at radius 1 is 1.06 bits per heavy atom. The first kappa shape index (κ1) is 22.4. The SMILES string of the molecule is CCOC(=O)c1ccc(NC(=O)Cn2cnc3scc(-c4ccc(CC)cc4)c3c2=O)cc1. The average Bonchev–Trinajstić information content (AvgIpc) is 3.26. The van der Waals surface area contributed by atoms with Crippen molar-refractivity contribution in [2.45, 2.75) is 26.8 Å². The molecule has 2 heterocycles. The maximum Gasteiger partial charge on any atom is 0.338 e. The number of carbonyl (C=O) groups is 2. The predicted octanol–water partition coefficient (Wildman–Crippen LogP) is 4.50. The van der Waals surface area contributed by atoms with Crippen LogP contribution < -0.4 is 10.9 Å². The van der Waals surface area contributed by atoms with Gasteiger partial charge in [-0.1, -0.05) is 31.2 Å². The van der Waals surface area contributed by atoms with E-state index >= 15 is 0 Å². The number of hydrogen-bond donors (Lipinski definition) is 1. The van der Waals surface area contributed by atoms with Crippen LogP contribution in [0.25, 0.3) is 21.3 Å². The van der Waals surface area contributed by atoms with Crippen molar-refractivity contribution in [3.05, 3.63) is 81.7 Å². The number of aromatic nitrogens is 2. The number of nitrogens with zero attached hydrogens (tertiary/aromatic N) is 2. The van der Waals surface area contributed by atoms with Crippen molar-refractivity contribution in [2.75, 3.05) is 11.9 Å². The summed E-state index contributed by atoms with van der Waals surface area (Å²) in [4.78, 5) is 42.5. The molecule has 0 saturated carbocycles. The number of anilines is 1. The maximum absolute atomic E-state index is 13.2. The van der Waals surface area contributed by atoms with E-state index in [1.54, 1.807) is 31.2 Å². The maximum atomic E-state index is 13.2. The van der Waals surface area contributed by atoms with Crippen molar-refractivity contribution in [1.82, 2.24) is 9.55 Å². The smallest absolute Gasteiger partial charge is 0.338 e. The Morgan fingerprint density at radius 2 is 1.79 bits per heavy atom. The summed E-state index contributed by atoms with van der Waals surface area (Å²) in [5.41, 5.74) is 3.64. The number of hydrogen-bond acceptors (Lipinski definition) is 6. The first-order valence-corrected chi connectivity index (χ1v) is 11.5. The summed E-state index contributed by atoms with van der Waals surface area (Å²) in [5.74, 6) is -0.789. The summed E-state index contributed by atoms with van der Waals surface area (Å²) in [6.07, 6.45) is 2.34. The standard InChI is InChI=1S/C25H23N3O4S/c1-3-16-5-7-17(8-6-16)20-14-33-23-22(20)24(30)28(15-26-23)13-21(29)27-19-11-9-18(10-12-19)25(31)32-4-2/h5-12,14-15H,3-4,13H2,1-2H3,(H,27,29). The van der Waals surface area contributed by atoms with Crippen LogP contribution in [-0.4, -0.2) is 28.0 Å². The first-order valence-electron chi connectivity index (χ1n) is 10.6. The number of benzene rings is 2. The van der Waals surface area contributed by atoms with Gasteiger partial charge in [-0.3, -0.25) is 14.2 Å². The number of esters is 1. The van der Waals surface area contributed by atoms with Crippen LogP contribution in [0.2, 0.25) is 0 Å². The second-order valence-electron chi connectivity index (χ2n) is 7.40. The number of fused-ring (bicyclic) bond motifs is 1. The van der Waals surface area contributed by atoms with Crippen LogP contribution in [0, 0.1) is 0 Å². The summed E-state index contributed by atoms with van der Waals surface area (Å²) in [6.45, 7) is 3.95. The van der Waals surface area contributed by atoms with Gasteiger partial charge in [0.15, 0.2) is 0 Å². The van der Waals surface area contributed by atoms with Crippen molar-refractivity contribution in [3.63, 3.8) is 0 Å². The van der Waals surface area contributed by atoms with Gasteiger partial charge >= 0.3 is 5.97 Å². The van der Waals surface area contributed by atoms with Gasteiger partial charge in [-0.05, 0) is 48.7 Å². The molecule has 33 heavy (non-hydrogen) atoms. The summed E-state index contributed by atoms with van der Waals surface area (Å²) in [7, 11) is 0. The van der Waals surface area contributed by atoms with Crippen LogP contribution in [0.4, 0.5) is 5.69 Å². The monoisotopic (exact) mass is 461 g/mol. The lowest BCUT2D eigenvalue weighted by atomic mass is 10.0. The normalized spacial score (nSPS) is 10.8. The molecule has 0 saturated heterocycles. The molecule has 0 unspecified atom stereocenters. The molecule has 4 aromatic rings. The van der Waals surface area contributed by atoms with E-state index in [0.717, 1.165) is 17.5 Å². The molecular formula is C25H23N3O4S. The van der Waals surface area contributed by atoms with Gasteiger partial charge < -0.3 is 10.1 Å². The molecule has 8 heteroatoms. The first-order chi connectivity index (χ1) is 16.0. The Labute approximate surface area is 194 Å². The van der Waals surface area contributed by atoms with E-state index in [2.05, 4.69) is 17.2 Å². The van der Waals surface area contributed by atoms with Gasteiger partial charge in [0, 0.05) is 16.6 Å². The van der Waals surface area contributed by atoms with E-state index in [4.69, 9.17) is 4.74 Å². The summed E-state index contributed by atoms with van der Waals surface area (Å²) in [6, 6.07) is 14.5. The van der Waals surface area contributed by atoms with Gasteiger partial charge in [0.1, 0.15) is 11.4 Å². The fourth-order valence-corrected chi connectivity index (χ4v) is 4.38. The third kappa shape index (κ3) is 4.85. The summed E-state index contributed by atoms with van der Waals surface area (Å²) in [5, 5.41) is 5.18. The molecule has 0 aliphatic rings. The molecule has 0 aliphatic carbocycles. The topological polar surface area (TPSA) is 90.3 Å². The second-order valence-corrected chi connectivity index (χ2v) is 8.26. The van der Waals surface area contributed by atoms with E-state index in [1.807, 2.05) is 29.6 Å². The Kier molecular flexibility index (Phi) is 6.65. The third-order valence-corrected chi connectivity index (χ3v) is 6.11. The average molecular weight is 462 g/mol. The van der Waals surface area contributed by atoms with Gasteiger partial charge in [-0.25, -0.2) is 9.78 Å². The molecule has 1 amide bonds. The number of ether oxygens (including phenoxy) is 1. The lowest BCUT2D eigenvalue weighted by Gasteiger charge is -2.09. The molecule has 0 bridgehead atoms. The predicted molar refractivity (Wildman–Crippen MR) is 130 cm³/mol. The van der Waals surface area contributed by atoms with Crippen LogP contribution >= 0.6 is 11.3 Å². The molecular weight excluding hydrogens is 438 g/mol. The van der Waals surface area contributed by atoms with E-state index < -0.39 is 5.97 Å².